The first-order valence-corrected chi connectivity index (χ1v) is 5.28. The molecule has 0 unspecified atom stereocenters. The largest absolute Gasteiger partial charge is 0.382 e. The molecule has 2 rings (SSSR count). The molecule has 2 aromatic rings. The summed E-state index contributed by atoms with van der Waals surface area (Å²) in [6.45, 7) is 2.88. The lowest BCUT2D eigenvalue weighted by atomic mass is 10.5. The number of nitrogens with one attached hydrogen (secondary N) is 1. The third kappa shape index (κ3) is 2.83. The minimum Gasteiger partial charge on any atom is -0.382 e. The van der Waals surface area contributed by atoms with E-state index in [1.807, 2.05) is 6.92 Å². The van der Waals surface area contributed by atoms with Gasteiger partial charge in [0, 0.05) is 18.9 Å². The third-order valence-electron chi connectivity index (χ3n) is 2.21. The zero-order chi connectivity index (χ0) is 12.3. The molecule has 0 bridgehead atoms. The molecule has 2 heterocycles. The average molecular weight is 234 g/mol. The Labute approximate surface area is 98.2 Å². The molecule has 0 fully saturated rings. The minimum absolute atomic E-state index is 0.133. The number of hydrogen-bond donors (Lipinski definition) is 2. The topological polar surface area (TPSA) is 90.8 Å². The predicted octanol–water partition coefficient (Wildman–Crippen LogP) is 0.320. The van der Waals surface area contributed by atoms with E-state index in [9.17, 15) is 4.79 Å². The van der Waals surface area contributed by atoms with Gasteiger partial charge in [0.05, 0.1) is 11.9 Å². The first kappa shape index (κ1) is 11.2. The Morgan fingerprint density at radius 1 is 1.53 bits per heavy atom. The van der Waals surface area contributed by atoms with Crippen molar-refractivity contribution < 1.29 is 4.79 Å². The van der Waals surface area contributed by atoms with Crippen LogP contribution in [-0.2, 0) is 17.9 Å². The number of aromatic nitrogens is 4. The summed E-state index contributed by atoms with van der Waals surface area (Å²) in [6.07, 6.45) is 5.04. The van der Waals surface area contributed by atoms with Crippen molar-refractivity contribution in [2.24, 2.45) is 0 Å². The van der Waals surface area contributed by atoms with Crippen molar-refractivity contribution in [3.63, 3.8) is 0 Å². The van der Waals surface area contributed by atoms with Gasteiger partial charge in [-0.1, -0.05) is 0 Å². The second kappa shape index (κ2) is 4.69. The standard InChI is InChI=1S/C10H14N6O/c1-2-15-6-8(5-12-15)13-10(17)7-16-4-3-9(11)14-16/h3-6H,2,7H2,1H3,(H2,11,14)(H,13,17). The number of nitrogen functional groups attached to an aromatic ring is 1. The maximum Gasteiger partial charge on any atom is 0.246 e. The van der Waals surface area contributed by atoms with E-state index in [-0.39, 0.29) is 12.5 Å². The summed E-state index contributed by atoms with van der Waals surface area (Å²) < 4.78 is 3.22. The molecule has 0 saturated heterocycles. The lowest BCUT2D eigenvalue weighted by molar-refractivity contribution is -0.116. The van der Waals surface area contributed by atoms with Gasteiger partial charge in [-0.3, -0.25) is 14.2 Å². The van der Waals surface area contributed by atoms with Crippen molar-refractivity contribution in [2.75, 3.05) is 11.1 Å². The van der Waals surface area contributed by atoms with E-state index in [0.717, 1.165) is 6.54 Å². The van der Waals surface area contributed by atoms with Gasteiger partial charge < -0.3 is 11.1 Å². The van der Waals surface area contributed by atoms with Crippen molar-refractivity contribution in [1.29, 1.82) is 0 Å². The van der Waals surface area contributed by atoms with Gasteiger partial charge in [-0.25, -0.2) is 0 Å². The second-order valence-electron chi connectivity index (χ2n) is 3.57. The molecule has 0 radical (unpaired) electrons. The summed E-state index contributed by atoms with van der Waals surface area (Å²) in [7, 11) is 0. The van der Waals surface area contributed by atoms with E-state index in [0.29, 0.717) is 11.5 Å². The molecule has 0 aromatic carbocycles. The Hall–Kier alpha value is -2.31. The lowest BCUT2D eigenvalue weighted by Gasteiger charge is -2.02. The fourth-order valence-electron chi connectivity index (χ4n) is 1.41. The SMILES string of the molecule is CCn1cc(NC(=O)Cn2ccc(N)n2)cn1. The normalized spacial score (nSPS) is 10.4. The fourth-order valence-corrected chi connectivity index (χ4v) is 1.41. The second-order valence-corrected chi connectivity index (χ2v) is 3.57. The van der Waals surface area contributed by atoms with Crippen LogP contribution in [0.2, 0.25) is 0 Å². The van der Waals surface area contributed by atoms with Crippen LogP contribution >= 0.6 is 0 Å². The molecule has 0 aliphatic rings. The van der Waals surface area contributed by atoms with Crippen LogP contribution in [0.25, 0.3) is 0 Å². The smallest absolute Gasteiger partial charge is 0.246 e. The van der Waals surface area contributed by atoms with Crippen LogP contribution in [0.5, 0.6) is 0 Å². The number of hydrogen-bond acceptors (Lipinski definition) is 4. The number of nitrogens with zero attached hydrogens (tertiary/aromatic N) is 4. The van der Waals surface area contributed by atoms with Crippen molar-refractivity contribution in [3.05, 3.63) is 24.7 Å². The molecule has 0 saturated carbocycles. The summed E-state index contributed by atoms with van der Waals surface area (Å²) in [5.41, 5.74) is 6.13. The van der Waals surface area contributed by atoms with E-state index in [2.05, 4.69) is 15.5 Å². The highest BCUT2D eigenvalue weighted by atomic mass is 16.2. The summed E-state index contributed by atoms with van der Waals surface area (Å²) in [6, 6.07) is 1.64. The Bertz CT molecular complexity index is 514. The van der Waals surface area contributed by atoms with Gasteiger partial charge >= 0.3 is 0 Å². The summed E-state index contributed by atoms with van der Waals surface area (Å²) >= 11 is 0. The lowest BCUT2D eigenvalue weighted by Crippen LogP contribution is -2.18. The van der Waals surface area contributed by atoms with Crippen LogP contribution in [0.4, 0.5) is 11.5 Å². The van der Waals surface area contributed by atoms with Gasteiger partial charge in [-0.05, 0) is 13.0 Å². The molecule has 0 aliphatic heterocycles. The van der Waals surface area contributed by atoms with Crippen LogP contribution in [0.3, 0.4) is 0 Å². The molecule has 0 spiro atoms. The Morgan fingerprint density at radius 3 is 2.94 bits per heavy atom. The summed E-state index contributed by atoms with van der Waals surface area (Å²) in [5.74, 6) is 0.236. The Kier molecular flexibility index (Phi) is 3.08. The van der Waals surface area contributed by atoms with Crippen LogP contribution in [0.1, 0.15) is 6.92 Å². The van der Waals surface area contributed by atoms with Gasteiger partial charge in [-0.2, -0.15) is 10.2 Å². The van der Waals surface area contributed by atoms with Crippen LogP contribution in [0, 0.1) is 0 Å². The average Bonchev–Trinajstić information content (AvgIpc) is 2.88. The summed E-state index contributed by atoms with van der Waals surface area (Å²) in [5, 5.41) is 10.7. The van der Waals surface area contributed by atoms with Crippen molar-refractivity contribution >= 4 is 17.4 Å². The van der Waals surface area contributed by atoms with Gasteiger partial charge in [0.15, 0.2) is 0 Å². The highest BCUT2D eigenvalue weighted by Gasteiger charge is 2.05. The fraction of sp³-hybridized carbons (Fsp3) is 0.300. The van der Waals surface area contributed by atoms with E-state index in [1.165, 1.54) is 4.68 Å². The predicted molar refractivity (Wildman–Crippen MR) is 63.2 cm³/mol. The molecule has 17 heavy (non-hydrogen) atoms. The van der Waals surface area contributed by atoms with Crippen molar-refractivity contribution in [1.82, 2.24) is 19.6 Å². The first-order valence-electron chi connectivity index (χ1n) is 5.28. The number of amides is 1. The van der Waals surface area contributed by atoms with Gasteiger partial charge in [-0.15, -0.1) is 0 Å². The molecule has 7 heteroatoms. The zero-order valence-corrected chi connectivity index (χ0v) is 9.50. The van der Waals surface area contributed by atoms with Crippen molar-refractivity contribution in [2.45, 2.75) is 20.0 Å². The van der Waals surface area contributed by atoms with Crippen LogP contribution in [-0.4, -0.2) is 25.5 Å². The van der Waals surface area contributed by atoms with Crippen LogP contribution < -0.4 is 11.1 Å². The molecule has 0 aliphatic carbocycles. The van der Waals surface area contributed by atoms with Crippen molar-refractivity contribution in [3.8, 4) is 0 Å². The highest BCUT2D eigenvalue weighted by Crippen LogP contribution is 2.05. The van der Waals surface area contributed by atoms with Crippen LogP contribution in [0.15, 0.2) is 24.7 Å². The van der Waals surface area contributed by atoms with E-state index in [4.69, 9.17) is 5.73 Å². The number of carbonyl (C=O) groups excluding carboxylic acids is 1. The molecule has 7 nitrogen and oxygen atoms in total. The maximum absolute atomic E-state index is 11.6. The van der Waals surface area contributed by atoms with E-state index >= 15 is 0 Å². The number of rotatable bonds is 4. The highest BCUT2D eigenvalue weighted by molar-refractivity contribution is 5.90. The van der Waals surface area contributed by atoms with Gasteiger partial charge in [0.2, 0.25) is 5.91 Å². The number of carbonyl (C=O) groups is 1. The third-order valence-corrected chi connectivity index (χ3v) is 2.21. The molecule has 1 amide bonds. The molecular formula is C10H14N6O. The molecule has 0 atom stereocenters. The first-order chi connectivity index (χ1) is 8.17. The quantitative estimate of drug-likeness (QED) is 0.797. The Morgan fingerprint density at radius 2 is 2.35 bits per heavy atom. The zero-order valence-electron chi connectivity index (χ0n) is 9.50. The van der Waals surface area contributed by atoms with Gasteiger partial charge in [0.25, 0.3) is 0 Å². The van der Waals surface area contributed by atoms with Gasteiger partial charge in [0.1, 0.15) is 12.4 Å². The minimum atomic E-state index is -0.163. The molecule has 2 aromatic heterocycles. The van der Waals surface area contributed by atoms with E-state index < -0.39 is 0 Å². The number of anilines is 2. The number of aryl methyl sites for hydroxylation is 1. The molecule has 90 valence electrons. The molecular weight excluding hydrogens is 220 g/mol. The Balaban J connectivity index is 1.93. The monoisotopic (exact) mass is 234 g/mol. The van der Waals surface area contributed by atoms with E-state index in [1.54, 1.807) is 29.3 Å². The number of nitrogens with two attached hydrogens (primary N) is 1. The summed E-state index contributed by atoms with van der Waals surface area (Å²) in [4.78, 5) is 11.6. The maximum atomic E-state index is 11.6. The molecule has 3 N–H and O–H groups in total.